The number of carbonyl (C=O) groups excluding carboxylic acids is 1. The predicted molar refractivity (Wildman–Crippen MR) is 122 cm³/mol. The Balaban J connectivity index is 1.35. The number of hydrogen-bond donors (Lipinski definition) is 1. The van der Waals surface area contributed by atoms with E-state index in [1.54, 1.807) is 11.3 Å². The molecule has 0 aliphatic heterocycles. The van der Waals surface area contributed by atoms with E-state index in [-0.39, 0.29) is 18.0 Å². The van der Waals surface area contributed by atoms with E-state index >= 15 is 0 Å². The molecule has 0 fully saturated rings. The van der Waals surface area contributed by atoms with Crippen molar-refractivity contribution in [2.24, 2.45) is 0 Å². The van der Waals surface area contributed by atoms with E-state index in [1.165, 1.54) is 34.2 Å². The lowest BCUT2D eigenvalue weighted by molar-refractivity contribution is -0.121. The zero-order valence-corrected chi connectivity index (χ0v) is 18.2. The second-order valence-electron chi connectivity index (χ2n) is 7.88. The first kappa shape index (κ1) is 20.6. The molecule has 0 bridgehead atoms. The summed E-state index contributed by atoms with van der Waals surface area (Å²) >= 11 is 1.64. The fourth-order valence-corrected chi connectivity index (χ4v) is 5.26. The van der Waals surface area contributed by atoms with Crippen LogP contribution in [-0.4, -0.2) is 35.6 Å². The highest BCUT2D eigenvalue weighted by atomic mass is 32.1. The van der Waals surface area contributed by atoms with Gasteiger partial charge in [0.2, 0.25) is 5.91 Å². The van der Waals surface area contributed by atoms with Crippen LogP contribution >= 0.6 is 11.3 Å². The number of aryl methyl sites for hydroxylation is 2. The average Bonchev–Trinajstić information content (AvgIpc) is 2.96. The molecule has 0 saturated carbocycles. The molecule has 1 aliphatic carbocycles. The van der Waals surface area contributed by atoms with Crippen LogP contribution < -0.4 is 15.8 Å². The molecule has 0 spiro atoms. The van der Waals surface area contributed by atoms with Crippen LogP contribution in [0.25, 0.3) is 10.2 Å². The molecule has 0 radical (unpaired) electrons. The van der Waals surface area contributed by atoms with Gasteiger partial charge in [-0.05, 0) is 49.8 Å². The van der Waals surface area contributed by atoms with E-state index in [0.29, 0.717) is 6.54 Å². The van der Waals surface area contributed by atoms with Crippen LogP contribution in [0.4, 0.5) is 5.69 Å². The number of nitrogens with one attached hydrogen (secondary N) is 1. The molecule has 7 heteroatoms. The fraction of sp³-hybridized carbons (Fsp3) is 0.435. The number of carbonyl (C=O) groups is 1. The Morgan fingerprint density at radius 3 is 2.83 bits per heavy atom. The van der Waals surface area contributed by atoms with E-state index in [0.717, 1.165) is 48.1 Å². The molecule has 1 N–H and O–H groups in total. The minimum Gasteiger partial charge on any atom is -0.375 e. The van der Waals surface area contributed by atoms with Crippen molar-refractivity contribution in [3.05, 3.63) is 57.5 Å². The summed E-state index contributed by atoms with van der Waals surface area (Å²) in [5.41, 5.74) is 2.24. The topological polar surface area (TPSA) is 67.2 Å². The highest BCUT2D eigenvalue weighted by Gasteiger charge is 2.19. The fourth-order valence-electron chi connectivity index (χ4n) is 4.04. The number of fused-ring (bicyclic) bond motifs is 3. The van der Waals surface area contributed by atoms with E-state index < -0.39 is 0 Å². The molecule has 1 aliphatic rings. The maximum atomic E-state index is 13.0. The minimum absolute atomic E-state index is 0.0148. The summed E-state index contributed by atoms with van der Waals surface area (Å²) in [5, 5.41) is 3.66. The molecule has 1 amide bonds. The lowest BCUT2D eigenvalue weighted by Gasteiger charge is -2.19. The molecule has 0 unspecified atom stereocenters. The standard InChI is InChI=1S/C23H28N4O2S/c1-26(17-9-4-2-5-10-17)14-8-13-24-20(28)15-27-16-25-22-21(23(27)29)18-11-6-3-7-12-19(18)30-22/h2,4-5,9-10,16H,3,6-8,11-15H2,1H3,(H,24,28). The van der Waals surface area contributed by atoms with Gasteiger partial charge >= 0.3 is 0 Å². The van der Waals surface area contributed by atoms with Crippen LogP contribution in [0.5, 0.6) is 0 Å². The number of para-hydroxylation sites is 1. The summed E-state index contributed by atoms with van der Waals surface area (Å²) in [6.45, 7) is 1.44. The second-order valence-corrected chi connectivity index (χ2v) is 8.97. The molecule has 1 aromatic carbocycles. The van der Waals surface area contributed by atoms with Crippen molar-refractivity contribution in [2.45, 2.75) is 45.1 Å². The van der Waals surface area contributed by atoms with Crippen molar-refractivity contribution in [2.75, 3.05) is 25.0 Å². The molecular formula is C23H28N4O2S. The first-order chi connectivity index (χ1) is 14.6. The van der Waals surface area contributed by atoms with Gasteiger partial charge in [0.15, 0.2) is 0 Å². The van der Waals surface area contributed by atoms with Crippen molar-refractivity contribution in [1.29, 1.82) is 0 Å². The maximum absolute atomic E-state index is 13.0. The van der Waals surface area contributed by atoms with E-state index in [2.05, 4.69) is 27.3 Å². The number of amides is 1. The summed E-state index contributed by atoms with van der Waals surface area (Å²) in [6, 6.07) is 10.2. The van der Waals surface area contributed by atoms with Crippen LogP contribution in [0.1, 0.15) is 36.1 Å². The molecule has 0 atom stereocenters. The van der Waals surface area contributed by atoms with Crippen molar-refractivity contribution in [1.82, 2.24) is 14.9 Å². The highest BCUT2D eigenvalue weighted by Crippen LogP contribution is 2.32. The van der Waals surface area contributed by atoms with E-state index in [1.807, 2.05) is 25.2 Å². The Morgan fingerprint density at radius 1 is 1.20 bits per heavy atom. The molecular weight excluding hydrogens is 396 g/mol. The average molecular weight is 425 g/mol. The summed E-state index contributed by atoms with van der Waals surface area (Å²) in [4.78, 5) is 34.2. The SMILES string of the molecule is CN(CCCNC(=O)Cn1cnc2sc3c(c2c1=O)CCCCC3)c1ccccc1. The van der Waals surface area contributed by atoms with Gasteiger partial charge in [-0.15, -0.1) is 11.3 Å². The molecule has 2 aromatic heterocycles. The van der Waals surface area contributed by atoms with Gasteiger partial charge in [-0.2, -0.15) is 0 Å². The van der Waals surface area contributed by atoms with Crippen LogP contribution in [-0.2, 0) is 24.2 Å². The van der Waals surface area contributed by atoms with Crippen molar-refractivity contribution in [3.63, 3.8) is 0 Å². The monoisotopic (exact) mass is 424 g/mol. The third-order valence-corrected chi connectivity index (χ3v) is 6.90. The van der Waals surface area contributed by atoms with Crippen molar-refractivity contribution < 1.29 is 4.79 Å². The van der Waals surface area contributed by atoms with E-state index in [4.69, 9.17) is 0 Å². The van der Waals surface area contributed by atoms with Gasteiger partial charge in [-0.3, -0.25) is 14.2 Å². The minimum atomic E-state index is -0.151. The number of rotatable bonds is 7. The second kappa shape index (κ2) is 9.43. The lowest BCUT2D eigenvalue weighted by Crippen LogP contribution is -2.34. The van der Waals surface area contributed by atoms with Crippen LogP contribution in [0.15, 0.2) is 41.5 Å². The zero-order chi connectivity index (χ0) is 20.9. The molecule has 30 heavy (non-hydrogen) atoms. The quantitative estimate of drug-likeness (QED) is 0.466. The molecule has 0 saturated heterocycles. The molecule has 6 nitrogen and oxygen atoms in total. The van der Waals surface area contributed by atoms with Gasteiger partial charge in [0.25, 0.3) is 5.56 Å². The van der Waals surface area contributed by atoms with Gasteiger partial charge in [0.1, 0.15) is 11.4 Å². The molecule has 4 rings (SSSR count). The largest absolute Gasteiger partial charge is 0.375 e. The van der Waals surface area contributed by atoms with Crippen LogP contribution in [0.3, 0.4) is 0 Å². The third-order valence-electron chi connectivity index (χ3n) is 5.70. The van der Waals surface area contributed by atoms with Gasteiger partial charge in [0.05, 0.1) is 11.7 Å². The molecule has 158 valence electrons. The first-order valence-corrected chi connectivity index (χ1v) is 11.5. The highest BCUT2D eigenvalue weighted by molar-refractivity contribution is 7.18. The number of hydrogen-bond acceptors (Lipinski definition) is 5. The number of nitrogens with zero attached hydrogens (tertiary/aromatic N) is 3. The smallest absolute Gasteiger partial charge is 0.262 e. The Labute approximate surface area is 180 Å². The summed E-state index contributed by atoms with van der Waals surface area (Å²) in [6.07, 6.45) is 7.83. The first-order valence-electron chi connectivity index (χ1n) is 10.7. The van der Waals surface area contributed by atoms with Crippen molar-refractivity contribution >= 4 is 33.1 Å². The number of aromatic nitrogens is 2. The Bertz CT molecular complexity index is 1070. The number of anilines is 1. The third kappa shape index (κ3) is 4.56. The summed E-state index contributed by atoms with van der Waals surface area (Å²) in [5.74, 6) is -0.151. The molecule has 2 heterocycles. The maximum Gasteiger partial charge on any atom is 0.262 e. The van der Waals surface area contributed by atoms with Crippen LogP contribution in [0.2, 0.25) is 0 Å². The summed E-state index contributed by atoms with van der Waals surface area (Å²) in [7, 11) is 2.04. The van der Waals surface area contributed by atoms with Gasteiger partial charge < -0.3 is 10.2 Å². The number of thiophene rings is 1. The van der Waals surface area contributed by atoms with Crippen LogP contribution in [0, 0.1) is 0 Å². The predicted octanol–water partition coefficient (Wildman–Crippen LogP) is 3.37. The van der Waals surface area contributed by atoms with Gasteiger partial charge in [-0.25, -0.2) is 4.98 Å². The Hall–Kier alpha value is -2.67. The van der Waals surface area contributed by atoms with Gasteiger partial charge in [0, 0.05) is 30.7 Å². The molecule has 3 aromatic rings. The van der Waals surface area contributed by atoms with Crippen molar-refractivity contribution in [3.8, 4) is 0 Å². The van der Waals surface area contributed by atoms with Gasteiger partial charge in [-0.1, -0.05) is 24.6 Å². The number of benzene rings is 1. The Morgan fingerprint density at radius 2 is 2.00 bits per heavy atom. The lowest BCUT2D eigenvalue weighted by atomic mass is 10.1. The normalized spacial score (nSPS) is 13.6. The van der Waals surface area contributed by atoms with E-state index in [9.17, 15) is 9.59 Å². The summed E-state index contributed by atoms with van der Waals surface area (Å²) < 4.78 is 1.45. The Kier molecular flexibility index (Phi) is 6.47. The zero-order valence-electron chi connectivity index (χ0n) is 17.4.